The summed E-state index contributed by atoms with van der Waals surface area (Å²) in [6.07, 6.45) is -3.90. The molecule has 0 spiro atoms. The first-order valence-electron chi connectivity index (χ1n) is 10.9. The number of aliphatic hydroxyl groups excluding tert-OH is 1. The van der Waals surface area contributed by atoms with Crippen LogP contribution in [0.3, 0.4) is 0 Å². The molecule has 0 bridgehead atoms. The topological polar surface area (TPSA) is 106 Å². The molecule has 3 aromatic rings. The summed E-state index contributed by atoms with van der Waals surface area (Å²) in [4.78, 5) is 30.9. The molecule has 1 fully saturated rings. The number of pyridine rings is 1. The molecule has 11 heteroatoms. The summed E-state index contributed by atoms with van der Waals surface area (Å²) in [5.74, 6) is -2.86. The van der Waals surface area contributed by atoms with E-state index in [4.69, 9.17) is 0 Å². The van der Waals surface area contributed by atoms with Crippen LogP contribution in [0.5, 0.6) is 5.88 Å². The third-order valence-corrected chi connectivity index (χ3v) is 5.62. The van der Waals surface area contributed by atoms with E-state index >= 15 is 0 Å². The molecule has 4 rings (SSSR count). The maximum Gasteiger partial charge on any atom is 0.574 e. The van der Waals surface area contributed by atoms with E-state index in [0.29, 0.717) is 11.3 Å². The van der Waals surface area contributed by atoms with Crippen LogP contribution in [-0.2, 0) is 9.59 Å². The predicted molar refractivity (Wildman–Crippen MR) is 123 cm³/mol. The molecule has 1 aromatic carbocycles. The van der Waals surface area contributed by atoms with Crippen LogP contribution in [-0.4, -0.2) is 38.3 Å². The third-order valence-electron chi connectivity index (χ3n) is 5.62. The van der Waals surface area contributed by atoms with Gasteiger partial charge in [-0.25, -0.2) is 4.98 Å². The Hall–Kier alpha value is -4.28. The van der Waals surface area contributed by atoms with Gasteiger partial charge in [0.2, 0.25) is 5.88 Å². The van der Waals surface area contributed by atoms with Gasteiger partial charge in [0.15, 0.2) is 5.82 Å². The Labute approximate surface area is 204 Å². The van der Waals surface area contributed by atoms with Crippen LogP contribution in [0, 0.1) is 6.92 Å². The monoisotopic (exact) mass is 498 g/mol. The zero-order valence-electron chi connectivity index (χ0n) is 19.4. The molecule has 186 valence electrons. The number of amides is 1. The number of rotatable bonds is 5. The second-order valence-corrected chi connectivity index (χ2v) is 8.46. The molecular weight excluding hydrogens is 477 g/mol. The highest BCUT2D eigenvalue weighted by Gasteiger charge is 2.48. The van der Waals surface area contributed by atoms with E-state index in [1.165, 1.54) is 12.1 Å². The zero-order chi connectivity index (χ0) is 26.2. The van der Waals surface area contributed by atoms with Crippen LogP contribution in [0.4, 0.5) is 19.0 Å². The van der Waals surface area contributed by atoms with Gasteiger partial charge >= 0.3 is 12.3 Å². The number of ketones is 1. The number of aliphatic hydroxyl groups is 1. The van der Waals surface area contributed by atoms with Gasteiger partial charge in [-0.1, -0.05) is 38.1 Å². The number of carbonyl (C=O) groups is 2. The van der Waals surface area contributed by atoms with Gasteiger partial charge in [-0.3, -0.25) is 14.5 Å². The summed E-state index contributed by atoms with van der Waals surface area (Å²) in [5, 5.41) is 19.1. The quantitative estimate of drug-likeness (QED) is 0.305. The lowest BCUT2D eigenvalue weighted by Gasteiger charge is -2.24. The molecule has 1 aliphatic rings. The van der Waals surface area contributed by atoms with Gasteiger partial charge in [-0.15, -0.1) is 18.3 Å². The van der Waals surface area contributed by atoms with Crippen molar-refractivity contribution in [1.29, 1.82) is 0 Å². The van der Waals surface area contributed by atoms with Gasteiger partial charge in [0.25, 0.3) is 5.78 Å². The van der Waals surface area contributed by atoms with Crippen LogP contribution < -0.4 is 9.64 Å². The molecule has 1 aliphatic heterocycles. The maximum absolute atomic E-state index is 13.1. The minimum absolute atomic E-state index is 0.0255. The van der Waals surface area contributed by atoms with E-state index in [2.05, 4.69) is 19.9 Å². The Bertz CT molecular complexity index is 1320. The Morgan fingerprint density at radius 3 is 2.25 bits per heavy atom. The van der Waals surface area contributed by atoms with E-state index in [-0.39, 0.29) is 22.9 Å². The highest BCUT2D eigenvalue weighted by molar-refractivity contribution is 6.51. The number of Topliss-reactive ketones (excluding diaryl/α,β-unsaturated/α-hetero) is 1. The number of aromatic nitrogens is 3. The molecule has 1 amide bonds. The smallest absolute Gasteiger partial charge is 0.507 e. The van der Waals surface area contributed by atoms with Crippen LogP contribution in [0.25, 0.3) is 5.76 Å². The summed E-state index contributed by atoms with van der Waals surface area (Å²) in [6.45, 7) is 5.69. The highest BCUT2D eigenvalue weighted by atomic mass is 19.4. The molecular formula is C25H21F3N4O4. The fourth-order valence-corrected chi connectivity index (χ4v) is 3.82. The first kappa shape index (κ1) is 24.8. The average molecular weight is 498 g/mol. The van der Waals surface area contributed by atoms with Gasteiger partial charge in [-0.05, 0) is 42.2 Å². The number of nitrogens with zero attached hydrogens (tertiary/aromatic N) is 4. The summed E-state index contributed by atoms with van der Waals surface area (Å²) in [7, 11) is 0. The summed E-state index contributed by atoms with van der Waals surface area (Å²) in [6, 6.07) is 10.9. The first-order chi connectivity index (χ1) is 17.0. The fourth-order valence-electron chi connectivity index (χ4n) is 3.82. The van der Waals surface area contributed by atoms with E-state index in [1.54, 1.807) is 37.3 Å². The molecule has 8 nitrogen and oxygen atoms in total. The van der Waals surface area contributed by atoms with Crippen molar-refractivity contribution in [3.05, 3.63) is 82.7 Å². The summed E-state index contributed by atoms with van der Waals surface area (Å²) < 4.78 is 41.6. The standard InChI is InChI=1S/C25H21F3N4O4/c1-13(2)15-5-7-16(8-6-15)22(33)20-21(17-9-11-19(29-12-17)36-25(26,27)28)32(24(35)23(20)34)18-10-4-14(3)30-31-18/h4-13,21,33H,1-3H3/t21-/m1/s1. The largest absolute Gasteiger partial charge is 0.574 e. The average Bonchev–Trinajstić information content (AvgIpc) is 3.09. The van der Waals surface area contributed by atoms with Gasteiger partial charge in [0, 0.05) is 17.8 Å². The van der Waals surface area contributed by atoms with Crippen molar-refractivity contribution in [2.45, 2.75) is 39.1 Å². The van der Waals surface area contributed by atoms with E-state index < -0.39 is 35.7 Å². The number of anilines is 1. The number of hydrogen-bond donors (Lipinski definition) is 1. The number of carbonyl (C=O) groups excluding carboxylic acids is 2. The molecule has 0 unspecified atom stereocenters. The Morgan fingerprint density at radius 2 is 1.72 bits per heavy atom. The lowest BCUT2D eigenvalue weighted by molar-refractivity contribution is -0.276. The van der Waals surface area contributed by atoms with E-state index in [9.17, 15) is 27.9 Å². The van der Waals surface area contributed by atoms with Crippen molar-refractivity contribution >= 4 is 23.3 Å². The highest BCUT2D eigenvalue weighted by Crippen LogP contribution is 2.41. The number of halogens is 3. The lowest BCUT2D eigenvalue weighted by atomic mass is 9.95. The molecule has 1 N–H and O–H groups in total. The van der Waals surface area contributed by atoms with Crippen molar-refractivity contribution in [3.8, 4) is 5.88 Å². The minimum Gasteiger partial charge on any atom is -0.507 e. The second kappa shape index (κ2) is 9.40. The third kappa shape index (κ3) is 4.90. The van der Waals surface area contributed by atoms with Crippen LogP contribution in [0.1, 0.15) is 48.2 Å². The number of ether oxygens (including phenoxy) is 1. The Balaban J connectivity index is 1.85. The number of benzene rings is 1. The Kier molecular flexibility index (Phi) is 6.49. The summed E-state index contributed by atoms with van der Waals surface area (Å²) in [5.41, 5.74) is 1.76. The van der Waals surface area contributed by atoms with Gasteiger partial charge in [0.05, 0.1) is 17.3 Å². The predicted octanol–water partition coefficient (Wildman–Crippen LogP) is 4.83. The normalized spacial score (nSPS) is 17.6. The van der Waals surface area contributed by atoms with Gasteiger partial charge < -0.3 is 9.84 Å². The zero-order valence-corrected chi connectivity index (χ0v) is 19.4. The maximum atomic E-state index is 13.1. The number of hydrogen-bond acceptors (Lipinski definition) is 7. The van der Waals surface area contributed by atoms with Crippen LogP contribution >= 0.6 is 0 Å². The van der Waals surface area contributed by atoms with Crippen molar-refractivity contribution in [1.82, 2.24) is 15.2 Å². The van der Waals surface area contributed by atoms with Crippen LogP contribution in [0.15, 0.2) is 60.3 Å². The molecule has 0 radical (unpaired) electrons. The second-order valence-electron chi connectivity index (χ2n) is 8.46. The SMILES string of the molecule is Cc1ccc(N2C(=O)C(=O)C(=C(O)c3ccc(C(C)C)cc3)[C@H]2c2ccc(OC(F)(F)F)nc2)nn1. The molecule has 1 saturated heterocycles. The number of aryl methyl sites for hydroxylation is 1. The summed E-state index contributed by atoms with van der Waals surface area (Å²) >= 11 is 0. The van der Waals surface area contributed by atoms with Crippen molar-refractivity contribution in [2.75, 3.05) is 4.90 Å². The minimum atomic E-state index is -4.94. The molecule has 0 saturated carbocycles. The lowest BCUT2D eigenvalue weighted by Crippen LogP contribution is -2.30. The van der Waals surface area contributed by atoms with E-state index in [1.807, 2.05) is 13.8 Å². The number of alkyl halides is 3. The first-order valence-corrected chi connectivity index (χ1v) is 10.9. The Morgan fingerprint density at radius 1 is 1.03 bits per heavy atom. The van der Waals surface area contributed by atoms with E-state index in [0.717, 1.165) is 22.7 Å². The molecule has 2 aromatic heterocycles. The van der Waals surface area contributed by atoms with Gasteiger partial charge in [-0.2, -0.15) is 5.10 Å². The van der Waals surface area contributed by atoms with Crippen molar-refractivity contribution < 1.29 is 32.6 Å². The van der Waals surface area contributed by atoms with Crippen LogP contribution in [0.2, 0.25) is 0 Å². The molecule has 3 heterocycles. The molecule has 0 aliphatic carbocycles. The molecule has 1 atom stereocenters. The fraction of sp³-hybridized carbons (Fsp3) is 0.240. The van der Waals surface area contributed by atoms with Gasteiger partial charge in [0.1, 0.15) is 5.76 Å². The van der Waals surface area contributed by atoms with Crippen molar-refractivity contribution in [3.63, 3.8) is 0 Å². The van der Waals surface area contributed by atoms with Crippen molar-refractivity contribution in [2.24, 2.45) is 0 Å². The molecule has 36 heavy (non-hydrogen) atoms.